The molecule has 2 aromatic rings. The van der Waals surface area contributed by atoms with E-state index in [9.17, 15) is 9.90 Å². The molecule has 0 unspecified atom stereocenters. The molecule has 4 heteroatoms. The van der Waals surface area contributed by atoms with Crippen molar-refractivity contribution in [1.29, 1.82) is 0 Å². The van der Waals surface area contributed by atoms with Gasteiger partial charge in [-0.05, 0) is 50.1 Å². The predicted molar refractivity (Wildman–Crippen MR) is 85.8 cm³/mol. The van der Waals surface area contributed by atoms with Crippen LogP contribution < -0.4 is 10.6 Å². The maximum absolute atomic E-state index is 12.8. The number of anilines is 2. The first kappa shape index (κ1) is 14.9. The minimum absolute atomic E-state index is 0.115. The van der Waals surface area contributed by atoms with Gasteiger partial charge >= 0.3 is 0 Å². The number of carbonyl (C=O) groups is 1. The number of hydrogen-bond acceptors (Lipinski definition) is 3. The van der Waals surface area contributed by atoms with E-state index in [1.807, 2.05) is 20.8 Å². The van der Waals surface area contributed by atoms with Gasteiger partial charge in [0, 0.05) is 23.9 Å². The first-order valence-corrected chi connectivity index (χ1v) is 6.92. The Balaban J connectivity index is 2.48. The molecule has 0 heterocycles. The van der Waals surface area contributed by atoms with E-state index in [0.29, 0.717) is 23.5 Å². The van der Waals surface area contributed by atoms with Crippen LogP contribution in [0.25, 0.3) is 0 Å². The highest BCUT2D eigenvalue weighted by Crippen LogP contribution is 2.27. The van der Waals surface area contributed by atoms with E-state index in [0.717, 1.165) is 11.1 Å². The van der Waals surface area contributed by atoms with Crippen LogP contribution in [0.15, 0.2) is 36.4 Å². The highest BCUT2D eigenvalue weighted by Gasteiger charge is 2.20. The Labute approximate surface area is 124 Å². The molecular weight excluding hydrogens is 264 g/mol. The summed E-state index contributed by atoms with van der Waals surface area (Å²) < 4.78 is 0. The lowest BCUT2D eigenvalue weighted by Crippen LogP contribution is -2.31. The van der Waals surface area contributed by atoms with Crippen LogP contribution in [0.5, 0.6) is 5.75 Å². The summed E-state index contributed by atoms with van der Waals surface area (Å²) in [6, 6.07) is 10.4. The molecule has 0 aliphatic carbocycles. The van der Waals surface area contributed by atoms with Crippen molar-refractivity contribution in [2.75, 3.05) is 17.2 Å². The highest BCUT2D eigenvalue weighted by molar-refractivity contribution is 6.08. The van der Waals surface area contributed by atoms with Gasteiger partial charge in [0.05, 0.1) is 5.69 Å². The number of carbonyl (C=O) groups excluding carboxylic acids is 1. The number of aromatic hydroxyl groups is 1. The van der Waals surface area contributed by atoms with Gasteiger partial charge < -0.3 is 15.7 Å². The number of phenolic OH excluding ortho intramolecular Hbond substituents is 1. The maximum Gasteiger partial charge on any atom is 0.258 e. The lowest BCUT2D eigenvalue weighted by Gasteiger charge is -2.24. The molecule has 0 radical (unpaired) electrons. The Morgan fingerprint density at radius 3 is 2.62 bits per heavy atom. The van der Waals surface area contributed by atoms with E-state index < -0.39 is 0 Å². The Hall–Kier alpha value is -2.49. The van der Waals surface area contributed by atoms with Gasteiger partial charge in [0.1, 0.15) is 5.75 Å². The number of amides is 1. The summed E-state index contributed by atoms with van der Waals surface area (Å²) in [6.07, 6.45) is 0. The molecule has 3 N–H and O–H groups in total. The number of hydrogen-bond donors (Lipinski definition) is 2. The molecule has 0 spiro atoms. The lowest BCUT2D eigenvalue weighted by molar-refractivity contribution is 0.0987. The predicted octanol–water partition coefficient (Wildman–Crippen LogP) is 3.26. The van der Waals surface area contributed by atoms with E-state index in [-0.39, 0.29) is 11.7 Å². The first-order valence-electron chi connectivity index (χ1n) is 6.92. The minimum Gasteiger partial charge on any atom is -0.508 e. The Bertz CT molecular complexity index is 680. The second-order valence-corrected chi connectivity index (χ2v) is 5.04. The van der Waals surface area contributed by atoms with Crippen LogP contribution in [-0.2, 0) is 0 Å². The van der Waals surface area contributed by atoms with Crippen molar-refractivity contribution in [1.82, 2.24) is 0 Å². The number of aryl methyl sites for hydroxylation is 1. The molecule has 0 saturated heterocycles. The summed E-state index contributed by atoms with van der Waals surface area (Å²) >= 11 is 0. The largest absolute Gasteiger partial charge is 0.508 e. The van der Waals surface area contributed by atoms with Crippen molar-refractivity contribution in [3.63, 3.8) is 0 Å². The fourth-order valence-electron chi connectivity index (χ4n) is 2.34. The number of rotatable bonds is 3. The summed E-state index contributed by atoms with van der Waals surface area (Å²) in [7, 11) is 0. The van der Waals surface area contributed by atoms with Gasteiger partial charge in [0.15, 0.2) is 0 Å². The van der Waals surface area contributed by atoms with Crippen molar-refractivity contribution < 1.29 is 9.90 Å². The number of nitrogen functional groups attached to an aromatic ring is 1. The first-order chi connectivity index (χ1) is 9.95. The number of phenols is 1. The molecule has 110 valence electrons. The Morgan fingerprint density at radius 1 is 1.24 bits per heavy atom. The van der Waals surface area contributed by atoms with Crippen molar-refractivity contribution in [2.45, 2.75) is 20.8 Å². The molecule has 2 aromatic carbocycles. The molecular formula is C17H20N2O2. The van der Waals surface area contributed by atoms with E-state index >= 15 is 0 Å². The SMILES string of the molecule is CCN(C(=O)c1cccc(N)c1C)c1cc(O)ccc1C. The molecule has 4 nitrogen and oxygen atoms in total. The average Bonchev–Trinajstić information content (AvgIpc) is 2.46. The number of benzene rings is 2. The molecule has 0 fully saturated rings. The van der Waals surface area contributed by atoms with E-state index in [2.05, 4.69) is 0 Å². The van der Waals surface area contributed by atoms with Crippen LogP contribution >= 0.6 is 0 Å². The highest BCUT2D eigenvalue weighted by atomic mass is 16.3. The van der Waals surface area contributed by atoms with E-state index in [4.69, 9.17) is 5.73 Å². The van der Waals surface area contributed by atoms with Gasteiger partial charge in [0.25, 0.3) is 5.91 Å². The fraction of sp³-hybridized carbons (Fsp3) is 0.235. The smallest absolute Gasteiger partial charge is 0.258 e. The minimum atomic E-state index is -0.115. The lowest BCUT2D eigenvalue weighted by atomic mass is 10.0. The Morgan fingerprint density at radius 2 is 1.95 bits per heavy atom. The van der Waals surface area contributed by atoms with Crippen LogP contribution in [0.2, 0.25) is 0 Å². The summed E-state index contributed by atoms with van der Waals surface area (Å²) in [5.74, 6) is 0.0298. The second-order valence-electron chi connectivity index (χ2n) is 5.04. The Kier molecular flexibility index (Phi) is 4.17. The van der Waals surface area contributed by atoms with Gasteiger partial charge in [0.2, 0.25) is 0 Å². The average molecular weight is 284 g/mol. The van der Waals surface area contributed by atoms with Gasteiger partial charge in [-0.25, -0.2) is 0 Å². The van der Waals surface area contributed by atoms with Gasteiger partial charge in [-0.15, -0.1) is 0 Å². The van der Waals surface area contributed by atoms with Crippen molar-refractivity contribution >= 4 is 17.3 Å². The number of nitrogens with zero attached hydrogens (tertiary/aromatic N) is 1. The van der Waals surface area contributed by atoms with Crippen LogP contribution in [0.3, 0.4) is 0 Å². The van der Waals surface area contributed by atoms with Crippen molar-refractivity contribution in [2.24, 2.45) is 0 Å². The third kappa shape index (κ3) is 2.84. The zero-order chi connectivity index (χ0) is 15.6. The zero-order valence-corrected chi connectivity index (χ0v) is 12.6. The van der Waals surface area contributed by atoms with Gasteiger partial charge in [-0.1, -0.05) is 12.1 Å². The topological polar surface area (TPSA) is 66.6 Å². The molecule has 0 aliphatic rings. The molecule has 0 bridgehead atoms. The van der Waals surface area contributed by atoms with Crippen molar-refractivity contribution in [3.8, 4) is 5.75 Å². The van der Waals surface area contributed by atoms with Crippen molar-refractivity contribution in [3.05, 3.63) is 53.1 Å². The molecule has 0 atom stereocenters. The summed E-state index contributed by atoms with van der Waals surface area (Å²) in [4.78, 5) is 14.5. The normalized spacial score (nSPS) is 10.4. The molecule has 0 aromatic heterocycles. The standard InChI is InChI=1S/C17H20N2O2/c1-4-19(16-10-13(20)9-8-11(16)2)17(21)14-6-5-7-15(18)12(14)3/h5-10,20H,4,18H2,1-3H3. The van der Waals surface area contributed by atoms with Crippen LogP contribution in [-0.4, -0.2) is 17.6 Å². The quantitative estimate of drug-likeness (QED) is 0.850. The molecule has 0 aliphatic heterocycles. The summed E-state index contributed by atoms with van der Waals surface area (Å²) in [6.45, 7) is 6.17. The zero-order valence-electron chi connectivity index (χ0n) is 12.6. The molecule has 21 heavy (non-hydrogen) atoms. The second kappa shape index (κ2) is 5.87. The molecule has 2 rings (SSSR count). The maximum atomic E-state index is 12.8. The number of nitrogens with two attached hydrogens (primary N) is 1. The third-order valence-corrected chi connectivity index (χ3v) is 3.65. The molecule has 0 saturated carbocycles. The van der Waals surface area contributed by atoms with Gasteiger partial charge in [-0.2, -0.15) is 0 Å². The van der Waals surface area contributed by atoms with Crippen LogP contribution in [0.1, 0.15) is 28.4 Å². The summed E-state index contributed by atoms with van der Waals surface area (Å²) in [5, 5.41) is 9.68. The van der Waals surface area contributed by atoms with Crippen LogP contribution in [0, 0.1) is 13.8 Å². The van der Waals surface area contributed by atoms with E-state index in [1.54, 1.807) is 41.3 Å². The third-order valence-electron chi connectivity index (χ3n) is 3.65. The monoisotopic (exact) mass is 284 g/mol. The van der Waals surface area contributed by atoms with Crippen LogP contribution in [0.4, 0.5) is 11.4 Å². The fourth-order valence-corrected chi connectivity index (χ4v) is 2.34. The molecule has 1 amide bonds. The summed E-state index contributed by atoms with van der Waals surface area (Å²) in [5.41, 5.74) is 9.49. The van der Waals surface area contributed by atoms with Gasteiger partial charge in [-0.3, -0.25) is 4.79 Å². The van der Waals surface area contributed by atoms with E-state index in [1.165, 1.54) is 0 Å².